The lowest BCUT2D eigenvalue weighted by molar-refractivity contribution is -0.379. The minimum Gasteiger partial charge on any atom is -0.412 e. The lowest BCUT2D eigenvalue weighted by Crippen LogP contribution is -2.65. The fourth-order valence-electron chi connectivity index (χ4n) is 7.38. The van der Waals surface area contributed by atoms with Crippen LogP contribution in [-0.4, -0.2) is 504 Å². The van der Waals surface area contributed by atoms with Gasteiger partial charge in [-0.2, -0.15) is 67.3 Å². The van der Waals surface area contributed by atoms with Crippen molar-refractivity contribution in [2.75, 3.05) is 63.2 Å². The number of hydrogen-bond donors (Lipinski definition) is 9. The molecule has 0 radical (unpaired) electrons. The van der Waals surface area contributed by atoms with E-state index in [0.717, 1.165) is 26.2 Å². The quantitative estimate of drug-likeness (QED) is 0.0390. The molecule has 0 bridgehead atoms. The van der Waals surface area contributed by atoms with Crippen molar-refractivity contribution in [1.29, 1.82) is 0 Å². The Kier molecular flexibility index (Phi) is 117. The van der Waals surface area contributed by atoms with E-state index >= 15 is 0 Å². The summed E-state index contributed by atoms with van der Waals surface area (Å²) in [5.74, 6) is -4.12. The van der Waals surface area contributed by atoms with E-state index in [0.29, 0.717) is 29.3 Å². The highest BCUT2D eigenvalue weighted by Crippen LogP contribution is 2.44. The van der Waals surface area contributed by atoms with Crippen LogP contribution >= 0.6 is 0 Å². The summed E-state index contributed by atoms with van der Waals surface area (Å²) < 4.78 is 306. The number of aromatic nitrogens is 1. The third-order valence-electron chi connectivity index (χ3n) is 10.2. The van der Waals surface area contributed by atoms with Gasteiger partial charge in [0.05, 0.1) is 30.1 Å². The summed E-state index contributed by atoms with van der Waals surface area (Å²) in [7, 11) is -46.8. The predicted octanol–water partition coefficient (Wildman–Crippen LogP) is -32.4. The van der Waals surface area contributed by atoms with E-state index in [1.165, 1.54) is 0 Å². The average Bonchev–Trinajstić information content (AvgIpc) is 3.42. The van der Waals surface area contributed by atoms with Crippen LogP contribution in [0.25, 0.3) is 0 Å². The largest absolute Gasteiger partial charge is 0.412 e. The van der Waals surface area contributed by atoms with E-state index in [9.17, 15) is 99.7 Å². The molecule has 5 heterocycles. The molecule has 0 spiro atoms. The Morgan fingerprint density at radius 2 is 0.853 bits per heavy atom. The number of nitrogens with one attached hydrogen (secondary N) is 1. The number of nitrogens with zero attached hydrogens (tertiary/aromatic N) is 4. The van der Waals surface area contributed by atoms with Crippen molar-refractivity contribution in [2.24, 2.45) is 0 Å². The van der Waals surface area contributed by atoms with Crippen LogP contribution in [0.4, 0.5) is 17.2 Å². The first-order valence-corrected chi connectivity index (χ1v) is 31.5. The number of carbonyl (C=O) groups excluding carboxylic acids is 2. The van der Waals surface area contributed by atoms with Crippen LogP contribution in [0.5, 0.6) is 0 Å². The number of anilines is 3. The van der Waals surface area contributed by atoms with Crippen molar-refractivity contribution in [3.8, 4) is 0 Å². The zero-order valence-corrected chi connectivity index (χ0v) is 55.6. The second-order valence-corrected chi connectivity index (χ2v) is 24.4. The molecule has 6 rings (SSSR count). The molecule has 2 aromatic rings. The molecule has 49 N–H and O–H groups in total. The van der Waals surface area contributed by atoms with Gasteiger partial charge in [0.2, 0.25) is 18.0 Å². The third kappa shape index (κ3) is 59.4. The Morgan fingerprint density at radius 1 is 0.477 bits per heavy atom. The molecule has 1 aromatic heterocycles. The number of para-hydroxylation sites is 1. The van der Waals surface area contributed by atoms with Crippen molar-refractivity contribution in [3.05, 3.63) is 48.2 Å². The molecule has 0 unspecified atom stereocenters. The molecule has 670 valence electrons. The molecular weight excluding hydrogens is 1840 g/mol. The summed E-state index contributed by atoms with van der Waals surface area (Å²) in [6, 6.07) is 10.7. The number of likely N-dealkylation sites (N-methyl/N-ethyl adjacent to an activating group) is 1. The number of pyridine rings is 1. The molecule has 0 saturated carbocycles. The molecular formula is C30H108Al9N5O57S8. The first kappa shape index (κ1) is 180. The number of hydrogen-bond acceptors (Lipinski definition) is 32. The summed E-state index contributed by atoms with van der Waals surface area (Å²) in [6.45, 7) is -0.563. The first-order valence-electron chi connectivity index (χ1n) is 20.6. The molecule has 9 atom stereocenters. The minimum atomic E-state index is -6.30. The summed E-state index contributed by atoms with van der Waals surface area (Å²) in [6.07, 6.45) is -25.6. The molecule has 79 heteroatoms. The molecule has 3 fully saturated rings. The lowest BCUT2D eigenvalue weighted by atomic mass is 9.99. The van der Waals surface area contributed by atoms with E-state index in [1.54, 1.807) is 41.4 Å². The van der Waals surface area contributed by atoms with Gasteiger partial charge < -0.3 is 134 Å². The van der Waals surface area contributed by atoms with Crippen LogP contribution < -0.4 is 10.2 Å². The van der Waals surface area contributed by atoms with Crippen LogP contribution in [-0.2, 0) is 136 Å². The Balaban J connectivity index is -0.0000000493. The number of piperazine rings is 1. The number of amides is 2. The molecule has 62 nitrogen and oxygen atoms in total. The minimum absolute atomic E-state index is 0. The van der Waals surface area contributed by atoms with E-state index in [4.69, 9.17) is 27.9 Å². The molecule has 3 saturated heterocycles. The highest BCUT2D eigenvalue weighted by Gasteiger charge is 2.66. The van der Waals surface area contributed by atoms with Gasteiger partial charge in [0, 0.05) is 32.4 Å². The first-order chi connectivity index (χ1) is 36.3. The molecule has 109 heavy (non-hydrogen) atoms. The summed E-state index contributed by atoms with van der Waals surface area (Å²) >= 11 is 0. The fraction of sp³-hybridized carbons (Fsp3) is 0.567. The number of carbonyl (C=O) groups is 2. The van der Waals surface area contributed by atoms with Gasteiger partial charge in [0.25, 0.3) is 5.91 Å². The van der Waals surface area contributed by atoms with Crippen molar-refractivity contribution in [3.63, 3.8) is 0 Å². The second-order valence-electron chi connectivity index (χ2n) is 15.9. The van der Waals surface area contributed by atoms with E-state index in [1.807, 2.05) is 6.07 Å². The fourth-order valence-corrected chi connectivity index (χ4v) is 10.9. The third-order valence-corrected chi connectivity index (χ3v) is 13.8. The maximum atomic E-state index is 13.2. The molecule has 4 aliphatic heterocycles. The normalized spacial score (nSPS) is 19.6. The summed E-state index contributed by atoms with van der Waals surface area (Å²) in [4.78, 5) is 36.1. The van der Waals surface area contributed by atoms with Gasteiger partial charge >= 0.3 is 83.2 Å². The van der Waals surface area contributed by atoms with Gasteiger partial charge in [-0.05, 0) is 31.3 Å². The van der Waals surface area contributed by atoms with Gasteiger partial charge in [-0.1, -0.05) is 12.1 Å². The van der Waals surface area contributed by atoms with Crippen LogP contribution in [0.1, 0.15) is 10.4 Å². The van der Waals surface area contributed by atoms with Gasteiger partial charge in [0.1, 0.15) is 24.9 Å². The Labute approximate surface area is 713 Å². The van der Waals surface area contributed by atoms with E-state index < -0.39 is 151 Å². The predicted molar refractivity (Wildman–Crippen MR) is 409 cm³/mol. The highest BCUT2D eigenvalue weighted by molar-refractivity contribution is 7.82. The van der Waals surface area contributed by atoms with Gasteiger partial charge in [-0.15, -0.1) is 0 Å². The Morgan fingerprint density at radius 3 is 1.25 bits per heavy atom. The monoisotopic (exact) mass is 1950 g/mol. The Hall–Kier alpha value is 0.0622. The van der Waals surface area contributed by atoms with Crippen LogP contribution in [0.3, 0.4) is 0 Å². The number of rotatable bonds is 22. The van der Waals surface area contributed by atoms with Crippen LogP contribution in [0.2, 0.25) is 0 Å². The SMILES string of the molecule is CN1CCN(CC(=O)N2c3ccccc3C(=O)Nc3cccnc32)CC1.O.O.O.O.O.O.O.O.O.O.O.O.O.O.O.O.O.O.O.O.O=S(=O)(O)OC[C@H]1O[C@@H](O[C@]2(COS(=O)(=O)O)O[C@H](OS(=O)(=O)O)[C@@H](OS(=O)(=O)O)[C@@H]2OS(=O)(=O)O)[C@H](OS(=O)(=O)O)[C@@H](OS(=O)(=O)O)[C@@H]1OS(=O)(=O)O.[AlH3].[AlH3].[AlH3].[AlH3].[AlH3].[AlH3].[AlH3].[AlH3].[AlH3]. The standard InChI is InChI=1S/C19H21N5O2.C11H20O35S8.9Al.20H2O.27H/c1-22-9-11-23(12-10-22)13-17(25)24-16-7-3-2-5-14(16)19(26)21-15-6-4-8-20-18(15)24;12-47(13,14)36-1-3-4(41-49(18,19)20)5(42-50(21,22)23)6(43-51(24,25)26)9(38-3)39-11(2-37-48(15,16)17)8(45-53(30,31)32)7(44-52(27,28)29)10(40-11)46-54(33,34)35;;;;;;;;;;;;;;;;;;;;;;;;;;;;;;;;;;;;;;;;;;;;;;;;;;;;;;;;/h2-8H,9-13H2,1H3,(H,21,26);3-10H,1-2H2,(H,12,13,14)(H,15,16,17)(H,18,19,20)(H,21,22,23)(H,24,25,26)(H,27,28,29)(H,30,31,32)(H,33,34,35);;;;;;;;;;20*1H2;;;;;;;;;;;;;;;;;;;;;;;;;;;/t;3-,4-,5+,6-,7+,8+,9+,10-,11-;;;;;;;;;;;;;;;;;;;;;;;;;;;;;;;;;;;;;;;;;;;;;;;;;;;;;;;;/m.1......................................................../s1. The number of ether oxygens (including phenoxy) is 3. The zero-order chi connectivity index (χ0) is 60.4. The average molecular weight is 1950 g/mol. The van der Waals surface area contributed by atoms with Crippen molar-refractivity contribution in [2.45, 2.75) is 55.0 Å². The highest BCUT2D eigenvalue weighted by atomic mass is 32.3. The topological polar surface area (TPSA) is 1240 Å². The number of benzene rings is 1. The van der Waals surface area contributed by atoms with Crippen LogP contribution in [0.15, 0.2) is 42.6 Å². The summed E-state index contributed by atoms with van der Waals surface area (Å²) in [5.41, 5.74) is 1.58. The van der Waals surface area contributed by atoms with E-state index in [-0.39, 0.29) is 278 Å². The van der Waals surface area contributed by atoms with Crippen molar-refractivity contribution < 1.29 is 271 Å². The Bertz CT molecular complexity index is 3610. The smallest absolute Gasteiger partial charge is 0.399 e. The van der Waals surface area contributed by atoms with E-state index in [2.05, 4.69) is 60.6 Å². The molecule has 1 aromatic carbocycles. The maximum Gasteiger partial charge on any atom is 0.399 e. The second kappa shape index (κ2) is 71.0. The van der Waals surface area contributed by atoms with Gasteiger partial charge in [0.15, 0.2) is 187 Å². The van der Waals surface area contributed by atoms with Crippen LogP contribution in [0, 0.1) is 0 Å². The van der Waals surface area contributed by atoms with Gasteiger partial charge in [-0.3, -0.25) is 55.8 Å². The molecule has 4 aliphatic rings. The summed E-state index contributed by atoms with van der Waals surface area (Å²) in [5, 5.41) is 2.86. The molecule has 2 amide bonds. The molecule has 0 aliphatic carbocycles. The maximum absolute atomic E-state index is 13.2. The zero-order valence-electron chi connectivity index (χ0n) is 49.1. The number of fused-ring (bicyclic) bond motifs is 2. The van der Waals surface area contributed by atoms with Crippen molar-refractivity contribution >= 4 is 268 Å². The van der Waals surface area contributed by atoms with Crippen molar-refractivity contribution in [1.82, 2.24) is 14.8 Å². The lowest BCUT2D eigenvalue weighted by Gasteiger charge is -2.45. The van der Waals surface area contributed by atoms with Gasteiger partial charge in [-0.25, -0.2) is 38.4 Å².